The molecule has 2 aliphatic heterocycles. The number of carbonyl (C=O) groups excluding carboxylic acids is 2. The van der Waals surface area contributed by atoms with Gasteiger partial charge in [0.25, 0.3) is 0 Å². The maximum atomic E-state index is 14.7. The van der Waals surface area contributed by atoms with Crippen LogP contribution in [0.3, 0.4) is 0 Å². The molecule has 1 fully saturated rings. The summed E-state index contributed by atoms with van der Waals surface area (Å²) >= 11 is 5.88. The van der Waals surface area contributed by atoms with Crippen LogP contribution >= 0.6 is 11.6 Å². The molecule has 2 heterocycles. The van der Waals surface area contributed by atoms with Crippen LogP contribution in [0.4, 0.5) is 15.8 Å². The van der Waals surface area contributed by atoms with Gasteiger partial charge in [0, 0.05) is 23.8 Å². The van der Waals surface area contributed by atoms with Crippen molar-refractivity contribution in [3.63, 3.8) is 0 Å². The molecule has 0 radical (unpaired) electrons. The van der Waals surface area contributed by atoms with Crippen molar-refractivity contribution < 1.29 is 14.0 Å². The fraction of sp³-hybridized carbons (Fsp3) is 0.300. The van der Waals surface area contributed by atoms with E-state index >= 15 is 0 Å². The molecule has 5 nitrogen and oxygen atoms in total. The minimum atomic E-state index is -0.822. The quantitative estimate of drug-likeness (QED) is 0.795. The number of halogens is 2. The van der Waals surface area contributed by atoms with Crippen molar-refractivity contribution in [1.29, 1.82) is 0 Å². The Morgan fingerprint density at radius 1 is 1.22 bits per heavy atom. The van der Waals surface area contributed by atoms with E-state index in [2.05, 4.69) is 10.6 Å². The highest BCUT2D eigenvalue weighted by atomic mass is 35.5. The molecule has 7 heteroatoms. The highest BCUT2D eigenvalue weighted by molar-refractivity contribution is 6.30. The molecule has 2 aromatic carbocycles. The van der Waals surface area contributed by atoms with Gasteiger partial charge >= 0.3 is 0 Å². The Morgan fingerprint density at radius 2 is 2.00 bits per heavy atom. The van der Waals surface area contributed by atoms with Crippen LogP contribution in [0.15, 0.2) is 36.4 Å². The average molecular weight is 388 g/mol. The Bertz CT molecular complexity index is 901. The van der Waals surface area contributed by atoms with Crippen molar-refractivity contribution >= 4 is 34.8 Å². The fourth-order valence-corrected chi connectivity index (χ4v) is 3.78. The van der Waals surface area contributed by atoms with E-state index in [4.69, 9.17) is 11.6 Å². The zero-order chi connectivity index (χ0) is 19.0. The van der Waals surface area contributed by atoms with Crippen molar-refractivity contribution in [3.8, 4) is 0 Å². The lowest BCUT2D eigenvalue weighted by Crippen LogP contribution is -2.33. The molecular formula is C20H19ClFN3O2. The van der Waals surface area contributed by atoms with E-state index < -0.39 is 17.6 Å². The van der Waals surface area contributed by atoms with Gasteiger partial charge in [-0.25, -0.2) is 4.39 Å². The van der Waals surface area contributed by atoms with Crippen molar-refractivity contribution in [2.45, 2.75) is 19.4 Å². The number of benzene rings is 2. The molecule has 0 spiro atoms. The monoisotopic (exact) mass is 387 g/mol. The highest BCUT2D eigenvalue weighted by Gasteiger charge is 2.38. The van der Waals surface area contributed by atoms with Crippen molar-refractivity contribution in [1.82, 2.24) is 5.32 Å². The first-order valence-corrected chi connectivity index (χ1v) is 9.31. The summed E-state index contributed by atoms with van der Waals surface area (Å²) in [5.41, 5.74) is 2.38. The van der Waals surface area contributed by atoms with Gasteiger partial charge in [0.05, 0.1) is 5.69 Å². The third-order valence-electron chi connectivity index (χ3n) is 5.13. The number of carbonyl (C=O) groups is 2. The summed E-state index contributed by atoms with van der Waals surface area (Å²) in [5.74, 6) is -1.97. The molecule has 4 rings (SSSR count). The van der Waals surface area contributed by atoms with Gasteiger partial charge in [-0.05, 0) is 60.8 Å². The van der Waals surface area contributed by atoms with E-state index in [0.717, 1.165) is 5.56 Å². The Morgan fingerprint density at radius 3 is 2.78 bits per heavy atom. The Hall–Kier alpha value is -2.44. The van der Waals surface area contributed by atoms with Crippen LogP contribution in [0.5, 0.6) is 0 Å². The predicted molar refractivity (Wildman–Crippen MR) is 102 cm³/mol. The predicted octanol–water partition coefficient (Wildman–Crippen LogP) is 3.12. The van der Waals surface area contributed by atoms with Crippen LogP contribution < -0.4 is 15.5 Å². The maximum absolute atomic E-state index is 14.7. The first-order valence-electron chi connectivity index (χ1n) is 8.93. The number of amides is 2. The Kier molecular flexibility index (Phi) is 4.85. The van der Waals surface area contributed by atoms with E-state index in [-0.39, 0.29) is 11.6 Å². The third kappa shape index (κ3) is 3.42. The summed E-state index contributed by atoms with van der Waals surface area (Å²) in [7, 11) is 0. The Balaban J connectivity index is 1.49. The van der Waals surface area contributed by atoms with Gasteiger partial charge < -0.3 is 15.5 Å². The summed E-state index contributed by atoms with van der Waals surface area (Å²) in [6.07, 6.45) is 0.974. The summed E-state index contributed by atoms with van der Waals surface area (Å²) in [6, 6.07) is 10.3. The zero-order valence-corrected chi connectivity index (χ0v) is 15.4. The molecule has 27 heavy (non-hydrogen) atoms. The molecule has 1 atom stereocenters. The van der Waals surface area contributed by atoms with E-state index in [1.54, 1.807) is 35.2 Å². The van der Waals surface area contributed by atoms with Crippen LogP contribution in [0.2, 0.25) is 5.02 Å². The number of anilines is 2. The van der Waals surface area contributed by atoms with Gasteiger partial charge in [0.15, 0.2) is 0 Å². The maximum Gasteiger partial charge on any atom is 0.239 e. The van der Waals surface area contributed by atoms with Gasteiger partial charge in [-0.15, -0.1) is 0 Å². The second-order valence-corrected chi connectivity index (χ2v) is 7.22. The molecule has 1 unspecified atom stereocenters. The van der Waals surface area contributed by atoms with E-state index in [1.807, 2.05) is 6.07 Å². The van der Waals surface area contributed by atoms with Crippen LogP contribution in [0.1, 0.15) is 17.5 Å². The lowest BCUT2D eigenvalue weighted by molar-refractivity contribution is -0.129. The molecule has 1 saturated heterocycles. The van der Waals surface area contributed by atoms with Crippen molar-refractivity contribution in [3.05, 3.63) is 58.4 Å². The van der Waals surface area contributed by atoms with Crippen molar-refractivity contribution in [2.75, 3.05) is 23.3 Å². The second kappa shape index (κ2) is 7.29. The molecule has 0 saturated carbocycles. The summed E-state index contributed by atoms with van der Waals surface area (Å²) in [6.45, 7) is 1.77. The third-order valence-corrected chi connectivity index (χ3v) is 5.38. The molecule has 2 N–H and O–H groups in total. The van der Waals surface area contributed by atoms with Gasteiger partial charge in [0.2, 0.25) is 11.8 Å². The number of nitrogens with one attached hydrogen (secondary N) is 2. The number of fused-ring (bicyclic) bond motifs is 1. The Labute approximate surface area is 161 Å². The van der Waals surface area contributed by atoms with Gasteiger partial charge in [-0.2, -0.15) is 0 Å². The molecule has 2 amide bonds. The highest BCUT2D eigenvalue weighted by Crippen LogP contribution is 2.29. The summed E-state index contributed by atoms with van der Waals surface area (Å²) < 4.78 is 14.7. The molecule has 0 aromatic heterocycles. The largest absolute Gasteiger partial charge is 0.323 e. The topological polar surface area (TPSA) is 61.4 Å². The molecule has 140 valence electrons. The second-order valence-electron chi connectivity index (χ2n) is 6.79. The smallest absolute Gasteiger partial charge is 0.239 e. The minimum Gasteiger partial charge on any atom is -0.323 e. The standard InChI is InChI=1S/C20H19ClFN3O2/c21-13-2-4-14(5-3-13)25-10-8-16(20(25)27)19(26)24-17-6-1-12-11-23-9-7-15(12)18(17)22/h1-6,16,23H,7-11H2,(H,24,26). The van der Waals surface area contributed by atoms with Crippen LogP contribution in [-0.4, -0.2) is 24.9 Å². The first-order chi connectivity index (χ1) is 13.0. The van der Waals surface area contributed by atoms with Crippen LogP contribution in [-0.2, 0) is 22.6 Å². The van der Waals surface area contributed by atoms with Crippen LogP contribution in [0, 0.1) is 11.7 Å². The van der Waals surface area contributed by atoms with Gasteiger partial charge in [-0.1, -0.05) is 17.7 Å². The van der Waals surface area contributed by atoms with E-state index in [0.29, 0.717) is 48.7 Å². The molecular weight excluding hydrogens is 369 g/mol. The molecule has 2 aromatic rings. The number of hydrogen-bond acceptors (Lipinski definition) is 3. The lowest BCUT2D eigenvalue weighted by atomic mass is 9.99. The van der Waals surface area contributed by atoms with E-state index in [9.17, 15) is 14.0 Å². The fourth-order valence-electron chi connectivity index (χ4n) is 3.65. The minimum absolute atomic E-state index is 0.137. The van der Waals surface area contributed by atoms with Crippen molar-refractivity contribution in [2.24, 2.45) is 5.92 Å². The zero-order valence-electron chi connectivity index (χ0n) is 14.6. The first kappa shape index (κ1) is 17.9. The molecule has 0 aliphatic carbocycles. The average Bonchev–Trinajstić information content (AvgIpc) is 3.06. The van der Waals surface area contributed by atoms with Gasteiger partial charge in [-0.3, -0.25) is 9.59 Å². The summed E-state index contributed by atoms with van der Waals surface area (Å²) in [4.78, 5) is 26.9. The van der Waals surface area contributed by atoms with E-state index in [1.165, 1.54) is 0 Å². The molecule has 0 bridgehead atoms. The summed E-state index contributed by atoms with van der Waals surface area (Å²) in [5, 5.41) is 6.38. The normalized spacial score (nSPS) is 19.1. The van der Waals surface area contributed by atoms with Crippen LogP contribution in [0.25, 0.3) is 0 Å². The number of rotatable bonds is 3. The van der Waals surface area contributed by atoms with Gasteiger partial charge in [0.1, 0.15) is 11.7 Å². The number of nitrogens with zero attached hydrogens (tertiary/aromatic N) is 1. The number of hydrogen-bond donors (Lipinski definition) is 2. The SMILES string of the molecule is O=C(Nc1ccc2c(c1F)CCNC2)C1CCN(c2ccc(Cl)cc2)C1=O. The lowest BCUT2D eigenvalue weighted by Gasteiger charge is -2.20. The molecule has 2 aliphatic rings.